The van der Waals surface area contributed by atoms with E-state index in [1.807, 2.05) is 27.1 Å². The summed E-state index contributed by atoms with van der Waals surface area (Å²) in [7, 11) is 0. The van der Waals surface area contributed by atoms with Crippen LogP contribution in [0.25, 0.3) is 0 Å². The number of aryl methyl sites for hydroxylation is 1. The lowest BCUT2D eigenvalue weighted by atomic mass is 10.2. The smallest absolute Gasteiger partial charge is 0.264 e. The number of nitrogens with zero attached hydrogens (tertiary/aromatic N) is 3. The van der Waals surface area contributed by atoms with Gasteiger partial charge in [-0.15, -0.1) is 11.3 Å². The maximum atomic E-state index is 12.6. The van der Waals surface area contributed by atoms with E-state index in [9.17, 15) is 9.59 Å². The molecule has 0 radical (unpaired) electrons. The minimum absolute atomic E-state index is 0.0307. The lowest BCUT2D eigenvalue weighted by Gasteiger charge is -2.19. The lowest BCUT2D eigenvalue weighted by molar-refractivity contribution is 0.0748. The molecule has 0 spiro atoms. The maximum Gasteiger partial charge on any atom is 0.264 e. The zero-order chi connectivity index (χ0) is 15.8. The van der Waals surface area contributed by atoms with Gasteiger partial charge in [-0.2, -0.15) is 5.10 Å². The van der Waals surface area contributed by atoms with Gasteiger partial charge in [0.2, 0.25) is 0 Å². The molecular weight excluding hydrogens is 312 g/mol. The van der Waals surface area contributed by atoms with E-state index < -0.39 is 0 Å². The summed E-state index contributed by atoms with van der Waals surface area (Å²) >= 11 is 1.45. The van der Waals surface area contributed by atoms with Crippen LogP contribution in [-0.4, -0.2) is 39.1 Å². The average Bonchev–Trinajstić information content (AvgIpc) is 3.09. The molecule has 0 atom stereocenters. The molecule has 1 N–H and O–H groups in total. The van der Waals surface area contributed by atoms with Gasteiger partial charge in [-0.05, 0) is 30.7 Å². The van der Waals surface area contributed by atoms with Crippen LogP contribution in [0.3, 0.4) is 0 Å². The van der Waals surface area contributed by atoms with Crippen molar-refractivity contribution in [1.82, 2.24) is 20.0 Å². The van der Waals surface area contributed by atoms with Gasteiger partial charge >= 0.3 is 0 Å². The summed E-state index contributed by atoms with van der Waals surface area (Å²) in [6.07, 6.45) is 4.58. The summed E-state index contributed by atoms with van der Waals surface area (Å²) in [5, 5.41) is 9.25. The highest BCUT2D eigenvalue weighted by Crippen LogP contribution is 2.23. The number of hydrogen-bond acceptors (Lipinski definition) is 4. The first-order chi connectivity index (χ1) is 11.2. The molecule has 1 aliphatic heterocycles. The van der Waals surface area contributed by atoms with Crippen molar-refractivity contribution < 1.29 is 9.59 Å². The Hall–Kier alpha value is -2.15. The predicted molar refractivity (Wildman–Crippen MR) is 86.4 cm³/mol. The summed E-state index contributed by atoms with van der Waals surface area (Å²) in [4.78, 5) is 27.6. The molecule has 2 aromatic heterocycles. The van der Waals surface area contributed by atoms with Crippen LogP contribution >= 0.6 is 11.3 Å². The van der Waals surface area contributed by atoms with E-state index in [0.717, 1.165) is 36.4 Å². The minimum Gasteiger partial charge on any atom is -0.349 e. The molecule has 0 unspecified atom stereocenters. The topological polar surface area (TPSA) is 67.2 Å². The van der Waals surface area contributed by atoms with Gasteiger partial charge in [0, 0.05) is 19.1 Å². The number of rotatable bonds is 3. The van der Waals surface area contributed by atoms with Crippen molar-refractivity contribution in [2.75, 3.05) is 6.54 Å². The summed E-state index contributed by atoms with van der Waals surface area (Å²) in [5.41, 5.74) is 1.44. The van der Waals surface area contributed by atoms with Crippen molar-refractivity contribution in [3.63, 3.8) is 0 Å². The second kappa shape index (κ2) is 5.81. The third-order valence-electron chi connectivity index (χ3n) is 4.26. The molecule has 2 amide bonds. The zero-order valence-corrected chi connectivity index (χ0v) is 13.5. The Morgan fingerprint density at radius 3 is 2.91 bits per heavy atom. The monoisotopic (exact) mass is 330 g/mol. The van der Waals surface area contributed by atoms with Crippen molar-refractivity contribution in [3.8, 4) is 0 Å². The van der Waals surface area contributed by atoms with E-state index in [1.54, 1.807) is 6.20 Å². The molecule has 0 aromatic carbocycles. The fourth-order valence-electron chi connectivity index (χ4n) is 2.85. The molecule has 1 saturated carbocycles. The number of amides is 2. The molecule has 4 rings (SSSR count). The van der Waals surface area contributed by atoms with Crippen molar-refractivity contribution in [2.45, 2.75) is 38.4 Å². The largest absolute Gasteiger partial charge is 0.349 e. The summed E-state index contributed by atoms with van der Waals surface area (Å²) in [6, 6.07) is 4.04. The minimum atomic E-state index is -0.0702. The van der Waals surface area contributed by atoms with Gasteiger partial charge < -0.3 is 10.2 Å². The highest BCUT2D eigenvalue weighted by atomic mass is 32.1. The van der Waals surface area contributed by atoms with Crippen LogP contribution in [0.1, 0.15) is 45.0 Å². The SMILES string of the molecule is O=C(NC1CC1)c1cnn2c1CN(C(=O)c1cccs1)CCC2. The first kappa shape index (κ1) is 14.4. The second-order valence-corrected chi connectivity index (χ2v) is 6.98. The third kappa shape index (κ3) is 2.88. The van der Waals surface area contributed by atoms with Crippen LogP contribution in [0.2, 0.25) is 0 Å². The van der Waals surface area contributed by atoms with Crippen molar-refractivity contribution in [3.05, 3.63) is 39.8 Å². The van der Waals surface area contributed by atoms with Crippen molar-refractivity contribution in [2.24, 2.45) is 0 Å². The second-order valence-electron chi connectivity index (χ2n) is 6.03. The van der Waals surface area contributed by atoms with Gasteiger partial charge in [0.05, 0.1) is 28.9 Å². The van der Waals surface area contributed by atoms with Gasteiger partial charge in [0.1, 0.15) is 0 Å². The summed E-state index contributed by atoms with van der Waals surface area (Å²) < 4.78 is 1.86. The van der Waals surface area contributed by atoms with Crippen molar-refractivity contribution in [1.29, 1.82) is 0 Å². The zero-order valence-electron chi connectivity index (χ0n) is 12.7. The van der Waals surface area contributed by atoms with Gasteiger partial charge in [-0.1, -0.05) is 6.07 Å². The van der Waals surface area contributed by atoms with E-state index >= 15 is 0 Å². The van der Waals surface area contributed by atoms with Crippen molar-refractivity contribution >= 4 is 23.2 Å². The Morgan fingerprint density at radius 1 is 1.30 bits per heavy atom. The molecule has 2 aliphatic rings. The van der Waals surface area contributed by atoms with Gasteiger partial charge in [0.15, 0.2) is 0 Å². The normalized spacial score (nSPS) is 17.5. The molecule has 3 heterocycles. The van der Waals surface area contributed by atoms with Crippen LogP contribution in [0, 0.1) is 0 Å². The summed E-state index contributed by atoms with van der Waals surface area (Å²) in [5.74, 6) is -0.0395. The molecule has 120 valence electrons. The number of carbonyl (C=O) groups excluding carboxylic acids is 2. The fraction of sp³-hybridized carbons (Fsp3) is 0.438. The Bertz CT molecular complexity index is 733. The number of fused-ring (bicyclic) bond motifs is 1. The maximum absolute atomic E-state index is 12.6. The van der Waals surface area contributed by atoms with Crippen LogP contribution in [-0.2, 0) is 13.1 Å². The van der Waals surface area contributed by atoms with Gasteiger partial charge in [-0.25, -0.2) is 0 Å². The molecule has 1 fully saturated rings. The highest BCUT2D eigenvalue weighted by Gasteiger charge is 2.29. The predicted octanol–water partition coefficient (Wildman–Crippen LogP) is 1.88. The number of aromatic nitrogens is 2. The Balaban J connectivity index is 1.58. The molecule has 0 bridgehead atoms. The first-order valence-corrected chi connectivity index (χ1v) is 8.78. The van der Waals surface area contributed by atoms with Crippen LogP contribution < -0.4 is 5.32 Å². The van der Waals surface area contributed by atoms with E-state index in [0.29, 0.717) is 24.7 Å². The molecule has 2 aromatic rings. The molecular formula is C16H18N4O2S. The summed E-state index contributed by atoms with van der Waals surface area (Å²) in [6.45, 7) is 1.86. The molecule has 6 nitrogen and oxygen atoms in total. The van der Waals surface area contributed by atoms with Crippen LogP contribution in [0.5, 0.6) is 0 Å². The van der Waals surface area contributed by atoms with Crippen LogP contribution in [0.15, 0.2) is 23.7 Å². The van der Waals surface area contributed by atoms with Gasteiger partial charge in [0.25, 0.3) is 11.8 Å². The van der Waals surface area contributed by atoms with E-state index in [4.69, 9.17) is 0 Å². The number of hydrogen-bond donors (Lipinski definition) is 1. The number of carbonyl (C=O) groups is 2. The third-order valence-corrected chi connectivity index (χ3v) is 5.12. The lowest BCUT2D eigenvalue weighted by Crippen LogP contribution is -2.32. The molecule has 7 heteroatoms. The Morgan fingerprint density at radius 2 is 2.17 bits per heavy atom. The average molecular weight is 330 g/mol. The standard InChI is InChI=1S/C16H18N4O2S/c21-15(18-11-4-5-11)12-9-17-20-7-2-6-19(10-13(12)20)16(22)14-3-1-8-23-14/h1,3,8-9,11H,2,4-7,10H2,(H,18,21). The number of thiophene rings is 1. The van der Waals surface area contributed by atoms with E-state index in [1.165, 1.54) is 11.3 Å². The Labute approximate surface area is 138 Å². The highest BCUT2D eigenvalue weighted by molar-refractivity contribution is 7.12. The quantitative estimate of drug-likeness (QED) is 0.934. The molecule has 0 saturated heterocycles. The Kier molecular flexibility index (Phi) is 3.65. The van der Waals surface area contributed by atoms with Gasteiger partial charge in [-0.3, -0.25) is 14.3 Å². The molecule has 1 aliphatic carbocycles. The first-order valence-electron chi connectivity index (χ1n) is 7.90. The van der Waals surface area contributed by atoms with Crippen LogP contribution in [0.4, 0.5) is 0 Å². The fourth-order valence-corrected chi connectivity index (χ4v) is 3.54. The van der Waals surface area contributed by atoms with E-state index in [2.05, 4.69) is 10.4 Å². The number of nitrogens with one attached hydrogen (secondary N) is 1. The molecule has 23 heavy (non-hydrogen) atoms. The van der Waals surface area contributed by atoms with E-state index in [-0.39, 0.29) is 11.8 Å².